The lowest BCUT2D eigenvalue weighted by Gasteiger charge is -2.26. The molecular formula is C28H39N3O5. The Morgan fingerprint density at radius 1 is 1.03 bits per heavy atom. The summed E-state index contributed by atoms with van der Waals surface area (Å²) >= 11 is 0. The van der Waals surface area contributed by atoms with Crippen molar-refractivity contribution in [2.45, 2.75) is 45.1 Å². The van der Waals surface area contributed by atoms with Crippen LogP contribution >= 0.6 is 0 Å². The Bertz CT molecular complexity index is 1120. The van der Waals surface area contributed by atoms with Crippen molar-refractivity contribution in [1.82, 2.24) is 15.5 Å². The highest BCUT2D eigenvalue weighted by Crippen LogP contribution is 2.50. The van der Waals surface area contributed by atoms with E-state index in [4.69, 9.17) is 14.2 Å². The number of carbonyl (C=O) groups excluding carboxylic acids is 2. The minimum atomic E-state index is -0.243. The van der Waals surface area contributed by atoms with Crippen molar-refractivity contribution in [3.8, 4) is 28.4 Å². The van der Waals surface area contributed by atoms with Crippen LogP contribution in [0.1, 0.15) is 61.6 Å². The number of hydrogen-bond donors (Lipinski definition) is 2. The van der Waals surface area contributed by atoms with Gasteiger partial charge in [-0.15, -0.1) is 0 Å². The maximum atomic E-state index is 13.1. The van der Waals surface area contributed by atoms with Gasteiger partial charge in [-0.25, -0.2) is 0 Å². The van der Waals surface area contributed by atoms with Gasteiger partial charge in [-0.05, 0) is 73.7 Å². The Kier molecular flexibility index (Phi) is 8.36. The van der Waals surface area contributed by atoms with Gasteiger partial charge in [0.1, 0.15) is 0 Å². The van der Waals surface area contributed by atoms with Gasteiger partial charge in [0.2, 0.25) is 11.7 Å². The van der Waals surface area contributed by atoms with Gasteiger partial charge in [-0.3, -0.25) is 9.59 Å². The monoisotopic (exact) mass is 497 g/mol. The number of fused-ring (bicyclic) bond motifs is 3. The first-order chi connectivity index (χ1) is 17.5. The highest BCUT2D eigenvalue weighted by Gasteiger charge is 2.30. The van der Waals surface area contributed by atoms with Gasteiger partial charge < -0.3 is 29.7 Å². The number of ether oxygens (including phenoxy) is 3. The number of amides is 2. The summed E-state index contributed by atoms with van der Waals surface area (Å²) in [7, 11) is 4.80. The van der Waals surface area contributed by atoms with Crippen LogP contribution in [0.15, 0.2) is 24.3 Å². The number of aryl methyl sites for hydroxylation is 1. The molecule has 1 aliphatic heterocycles. The molecule has 0 spiro atoms. The summed E-state index contributed by atoms with van der Waals surface area (Å²) in [5.41, 5.74) is 4.31. The number of nitrogens with zero attached hydrogens (tertiary/aromatic N) is 1. The highest BCUT2D eigenvalue weighted by atomic mass is 16.5. The first kappa shape index (κ1) is 25.8. The van der Waals surface area contributed by atoms with Gasteiger partial charge in [0.05, 0.1) is 27.4 Å². The predicted octanol–water partition coefficient (Wildman–Crippen LogP) is 3.96. The smallest absolute Gasteiger partial charge is 0.251 e. The minimum absolute atomic E-state index is 0. The maximum absolute atomic E-state index is 13.1. The number of piperidine rings is 1. The van der Waals surface area contributed by atoms with E-state index in [1.54, 1.807) is 21.3 Å². The predicted molar refractivity (Wildman–Crippen MR) is 141 cm³/mol. The van der Waals surface area contributed by atoms with Gasteiger partial charge in [-0.1, -0.05) is 12.5 Å². The molecule has 0 bridgehead atoms. The lowest BCUT2D eigenvalue weighted by atomic mass is 9.92. The molecule has 2 amide bonds. The Hall–Kier alpha value is -3.26. The molecule has 1 aliphatic carbocycles. The van der Waals surface area contributed by atoms with Gasteiger partial charge in [0.25, 0.3) is 5.91 Å². The number of likely N-dealkylation sites (tertiary alicyclic amines) is 1. The van der Waals surface area contributed by atoms with Crippen LogP contribution in [0.25, 0.3) is 11.1 Å². The lowest BCUT2D eigenvalue weighted by molar-refractivity contribution is -0.119. The molecule has 196 valence electrons. The van der Waals surface area contributed by atoms with E-state index in [0.717, 1.165) is 41.9 Å². The normalized spacial score (nSPS) is 17.3. The largest absolute Gasteiger partial charge is 0.493 e. The number of hydrogen-bond acceptors (Lipinski definition) is 6. The molecule has 2 aliphatic rings. The number of benzene rings is 2. The van der Waals surface area contributed by atoms with E-state index in [1.165, 1.54) is 26.2 Å². The van der Waals surface area contributed by atoms with Crippen LogP contribution < -0.4 is 24.8 Å². The zero-order valence-electron chi connectivity index (χ0n) is 21.7. The van der Waals surface area contributed by atoms with Crippen LogP contribution in [-0.2, 0) is 11.2 Å². The van der Waals surface area contributed by atoms with Gasteiger partial charge >= 0.3 is 0 Å². The van der Waals surface area contributed by atoms with Crippen LogP contribution in [0.2, 0.25) is 0 Å². The van der Waals surface area contributed by atoms with E-state index >= 15 is 0 Å². The van der Waals surface area contributed by atoms with E-state index in [2.05, 4.69) is 15.5 Å². The fourth-order valence-corrected chi connectivity index (χ4v) is 5.38. The molecule has 0 aromatic heterocycles. The average molecular weight is 498 g/mol. The van der Waals surface area contributed by atoms with E-state index in [1.807, 2.05) is 24.3 Å². The Balaban J connectivity index is 0.00000380. The van der Waals surface area contributed by atoms with Gasteiger partial charge in [0.15, 0.2) is 11.5 Å². The molecule has 4 rings (SSSR count). The lowest BCUT2D eigenvalue weighted by Crippen LogP contribution is -2.37. The van der Waals surface area contributed by atoms with Crippen molar-refractivity contribution in [3.05, 3.63) is 41.0 Å². The number of methoxy groups -OCH3 is 3. The second kappa shape index (κ2) is 11.6. The van der Waals surface area contributed by atoms with E-state index in [-0.39, 0.29) is 19.3 Å². The first-order valence-electron chi connectivity index (χ1n) is 12.7. The molecule has 1 saturated heterocycles. The van der Waals surface area contributed by atoms with Crippen molar-refractivity contribution in [1.29, 1.82) is 0 Å². The fourth-order valence-electron chi connectivity index (χ4n) is 5.38. The molecule has 2 aromatic rings. The second-order valence-electron chi connectivity index (χ2n) is 9.43. The van der Waals surface area contributed by atoms with Crippen molar-refractivity contribution in [2.24, 2.45) is 0 Å². The van der Waals surface area contributed by atoms with E-state index in [0.29, 0.717) is 42.2 Å². The number of carbonyl (C=O) groups is 2. The highest BCUT2D eigenvalue weighted by molar-refractivity contribution is 5.96. The molecular weight excluding hydrogens is 458 g/mol. The minimum Gasteiger partial charge on any atom is -0.493 e. The summed E-state index contributed by atoms with van der Waals surface area (Å²) in [5.74, 6) is 1.46. The quantitative estimate of drug-likeness (QED) is 0.574. The van der Waals surface area contributed by atoms with Crippen LogP contribution in [0.5, 0.6) is 17.2 Å². The van der Waals surface area contributed by atoms with Crippen LogP contribution in [0.3, 0.4) is 0 Å². The van der Waals surface area contributed by atoms with E-state index < -0.39 is 0 Å². The summed E-state index contributed by atoms with van der Waals surface area (Å²) < 4.78 is 17.0. The average Bonchev–Trinajstić information content (AvgIpc) is 3.04. The zero-order valence-corrected chi connectivity index (χ0v) is 21.7. The summed E-state index contributed by atoms with van der Waals surface area (Å²) in [6.07, 6.45) is 5.12. The summed E-state index contributed by atoms with van der Waals surface area (Å²) in [6.45, 7) is 5.18. The molecule has 0 unspecified atom stereocenters. The molecule has 0 radical (unpaired) electrons. The Morgan fingerprint density at radius 2 is 1.78 bits per heavy atom. The van der Waals surface area contributed by atoms with Crippen molar-refractivity contribution in [3.63, 3.8) is 0 Å². The summed E-state index contributed by atoms with van der Waals surface area (Å²) in [4.78, 5) is 27.5. The molecule has 1 atom stereocenters. The molecule has 8 nitrogen and oxygen atoms in total. The van der Waals surface area contributed by atoms with Crippen molar-refractivity contribution in [2.75, 3.05) is 47.5 Å². The topological polar surface area (TPSA) is 89.1 Å². The summed E-state index contributed by atoms with van der Waals surface area (Å²) in [6, 6.07) is 7.41. The van der Waals surface area contributed by atoms with Crippen LogP contribution in [-0.4, -0.2) is 64.2 Å². The molecule has 1 fully saturated rings. The molecule has 2 N–H and O–H groups in total. The molecule has 36 heavy (non-hydrogen) atoms. The third-order valence-electron chi connectivity index (χ3n) is 7.11. The first-order valence-corrected chi connectivity index (χ1v) is 12.7. The summed E-state index contributed by atoms with van der Waals surface area (Å²) in [5, 5.41) is 6.15. The van der Waals surface area contributed by atoms with Crippen LogP contribution in [0, 0.1) is 0 Å². The molecule has 0 saturated carbocycles. The van der Waals surface area contributed by atoms with Crippen molar-refractivity contribution >= 4 is 11.8 Å². The SMILES string of the molecule is COc1cc2c(c(OC)c1OC)-c1ccc(C(=O)NCCN3CCCCC3)cc1[C@@H](NC(C)=O)CC2.[HH]. The van der Waals surface area contributed by atoms with E-state index in [9.17, 15) is 9.59 Å². The molecule has 2 aromatic carbocycles. The molecule has 1 heterocycles. The maximum Gasteiger partial charge on any atom is 0.251 e. The zero-order chi connectivity index (χ0) is 25.7. The standard InChI is InChI=1S/C28H37N3O5.H2/c1-18(32)30-23-11-9-19-17-24(34-2)26(35-3)27(36-4)25(19)21-10-8-20(16-22(21)23)28(33)29-12-15-31-13-6-5-7-14-31;/h8,10,16-17,23H,5-7,9,11-15H2,1-4H3,(H,29,33)(H,30,32);1H/t23-;/m0./s1. The fraction of sp³-hybridized carbons (Fsp3) is 0.500. The number of nitrogens with one attached hydrogen (secondary N) is 2. The Labute approximate surface area is 214 Å². The van der Waals surface area contributed by atoms with Crippen LogP contribution in [0.4, 0.5) is 0 Å². The third kappa shape index (κ3) is 5.43. The van der Waals surface area contributed by atoms with Gasteiger partial charge in [-0.2, -0.15) is 0 Å². The molecule has 8 heteroatoms. The third-order valence-corrected chi connectivity index (χ3v) is 7.11. The van der Waals surface area contributed by atoms with Gasteiger partial charge in [0, 0.05) is 32.6 Å². The van der Waals surface area contributed by atoms with Crippen molar-refractivity contribution < 1.29 is 25.2 Å². The Morgan fingerprint density at radius 3 is 2.44 bits per heavy atom. The second-order valence-corrected chi connectivity index (χ2v) is 9.43. The number of rotatable bonds is 8.